The fraction of sp³-hybridized carbons (Fsp3) is 0.600. The number of halogens is 1. The summed E-state index contributed by atoms with van der Waals surface area (Å²) in [4.78, 5) is 2.25. The van der Waals surface area contributed by atoms with Crippen molar-refractivity contribution < 1.29 is 4.42 Å². The van der Waals surface area contributed by atoms with Crippen molar-refractivity contribution in [3.05, 3.63) is 22.6 Å². The second-order valence-electron chi connectivity index (χ2n) is 3.40. The maximum Gasteiger partial charge on any atom is 0.169 e. The molecule has 0 spiro atoms. The van der Waals surface area contributed by atoms with Gasteiger partial charge >= 0.3 is 0 Å². The molecule has 0 aromatic carbocycles. The minimum atomic E-state index is 0.802. The number of hydrogen-bond acceptors (Lipinski definition) is 3. The summed E-state index contributed by atoms with van der Waals surface area (Å²) in [5, 5.41) is 3.13. The Balaban J connectivity index is 2.23. The van der Waals surface area contributed by atoms with Crippen LogP contribution in [-0.2, 0) is 6.54 Å². The molecule has 1 aromatic heterocycles. The molecule has 1 N–H and O–H groups in total. The Labute approximate surface area is 93.6 Å². The molecule has 1 heterocycles. The van der Waals surface area contributed by atoms with Gasteiger partial charge in [-0.25, -0.2) is 0 Å². The molecule has 3 nitrogen and oxygen atoms in total. The first-order chi connectivity index (χ1) is 6.72. The molecule has 14 heavy (non-hydrogen) atoms. The Morgan fingerprint density at radius 2 is 2.29 bits per heavy atom. The van der Waals surface area contributed by atoms with E-state index in [1.54, 1.807) is 0 Å². The molecule has 0 radical (unpaired) electrons. The molecule has 0 unspecified atom stereocenters. The van der Waals surface area contributed by atoms with Crippen LogP contribution in [0.3, 0.4) is 0 Å². The van der Waals surface area contributed by atoms with E-state index in [1.807, 2.05) is 19.2 Å². The summed E-state index contributed by atoms with van der Waals surface area (Å²) in [6, 6.07) is 3.93. The number of nitrogens with one attached hydrogen (secondary N) is 1. The van der Waals surface area contributed by atoms with E-state index >= 15 is 0 Å². The average molecular weight is 261 g/mol. The Bertz CT molecular complexity index is 262. The summed E-state index contributed by atoms with van der Waals surface area (Å²) in [5.74, 6) is 1.00. The molecule has 0 aliphatic rings. The molecule has 0 saturated heterocycles. The van der Waals surface area contributed by atoms with Gasteiger partial charge in [0, 0.05) is 0 Å². The van der Waals surface area contributed by atoms with Crippen molar-refractivity contribution >= 4 is 15.9 Å². The standard InChI is InChI=1S/C10H17BrN2O/c1-12-6-3-7-13(2)8-9-4-5-10(11)14-9/h4-5,12H,3,6-8H2,1-2H3. The number of rotatable bonds is 6. The van der Waals surface area contributed by atoms with E-state index in [1.165, 1.54) is 0 Å². The van der Waals surface area contributed by atoms with Crippen LogP contribution < -0.4 is 5.32 Å². The molecule has 0 aliphatic heterocycles. The highest BCUT2D eigenvalue weighted by molar-refractivity contribution is 9.10. The van der Waals surface area contributed by atoms with Gasteiger partial charge < -0.3 is 9.73 Å². The summed E-state index contributed by atoms with van der Waals surface area (Å²) in [5.41, 5.74) is 0. The van der Waals surface area contributed by atoms with Gasteiger partial charge in [0.05, 0.1) is 6.54 Å². The average Bonchev–Trinajstić information content (AvgIpc) is 2.52. The Hall–Kier alpha value is -0.320. The maximum atomic E-state index is 5.42. The van der Waals surface area contributed by atoms with Crippen molar-refractivity contribution in [2.24, 2.45) is 0 Å². The predicted octanol–water partition coefficient (Wildman–Crippen LogP) is 2.08. The fourth-order valence-electron chi connectivity index (χ4n) is 1.31. The van der Waals surface area contributed by atoms with E-state index in [-0.39, 0.29) is 0 Å². The van der Waals surface area contributed by atoms with Crippen LogP contribution in [0.25, 0.3) is 0 Å². The highest BCUT2D eigenvalue weighted by atomic mass is 79.9. The van der Waals surface area contributed by atoms with Gasteiger partial charge in [-0.15, -0.1) is 0 Å². The second kappa shape index (κ2) is 6.22. The Kier molecular flexibility index (Phi) is 5.22. The highest BCUT2D eigenvalue weighted by Gasteiger charge is 2.03. The zero-order valence-corrected chi connectivity index (χ0v) is 10.3. The molecule has 0 fully saturated rings. The minimum Gasteiger partial charge on any atom is -0.453 e. The van der Waals surface area contributed by atoms with Crippen molar-refractivity contribution in [3.63, 3.8) is 0 Å². The maximum absolute atomic E-state index is 5.42. The zero-order chi connectivity index (χ0) is 10.4. The van der Waals surface area contributed by atoms with Crippen molar-refractivity contribution in [1.82, 2.24) is 10.2 Å². The smallest absolute Gasteiger partial charge is 0.169 e. The summed E-state index contributed by atoms with van der Waals surface area (Å²) >= 11 is 3.29. The van der Waals surface area contributed by atoms with Crippen LogP contribution >= 0.6 is 15.9 Å². The summed E-state index contributed by atoms with van der Waals surface area (Å²) in [7, 11) is 4.08. The lowest BCUT2D eigenvalue weighted by atomic mass is 10.3. The van der Waals surface area contributed by atoms with Gasteiger partial charge in [0.15, 0.2) is 4.67 Å². The third-order valence-electron chi connectivity index (χ3n) is 2.02. The van der Waals surface area contributed by atoms with Crippen LogP contribution in [0.2, 0.25) is 0 Å². The lowest BCUT2D eigenvalue weighted by Gasteiger charge is -2.14. The zero-order valence-electron chi connectivity index (χ0n) is 8.72. The van der Waals surface area contributed by atoms with Gasteiger partial charge in [-0.1, -0.05) is 0 Å². The number of furan rings is 1. The third-order valence-corrected chi connectivity index (χ3v) is 2.45. The highest BCUT2D eigenvalue weighted by Crippen LogP contribution is 2.15. The second-order valence-corrected chi connectivity index (χ2v) is 4.18. The number of nitrogens with zero attached hydrogens (tertiary/aromatic N) is 1. The molecule has 0 amide bonds. The van der Waals surface area contributed by atoms with Crippen LogP contribution in [0, 0.1) is 0 Å². The third kappa shape index (κ3) is 4.26. The first-order valence-corrected chi connectivity index (χ1v) is 5.59. The summed E-state index contributed by atoms with van der Waals surface area (Å²) in [6.07, 6.45) is 1.16. The normalized spacial score (nSPS) is 11.1. The molecule has 80 valence electrons. The van der Waals surface area contributed by atoms with E-state index in [2.05, 4.69) is 33.2 Å². The summed E-state index contributed by atoms with van der Waals surface area (Å²) in [6.45, 7) is 3.01. The van der Waals surface area contributed by atoms with Gasteiger partial charge in [0.1, 0.15) is 5.76 Å². The first kappa shape index (κ1) is 11.8. The topological polar surface area (TPSA) is 28.4 Å². The molecule has 0 aliphatic carbocycles. The van der Waals surface area contributed by atoms with Gasteiger partial charge in [0.2, 0.25) is 0 Å². The van der Waals surface area contributed by atoms with Crippen LogP contribution in [-0.4, -0.2) is 32.1 Å². The van der Waals surface area contributed by atoms with Crippen LogP contribution in [0.5, 0.6) is 0 Å². The van der Waals surface area contributed by atoms with E-state index in [0.717, 1.165) is 36.5 Å². The van der Waals surface area contributed by atoms with E-state index in [4.69, 9.17) is 4.42 Å². The molecule has 4 heteroatoms. The monoisotopic (exact) mass is 260 g/mol. The molecule has 0 bridgehead atoms. The summed E-state index contributed by atoms with van der Waals surface area (Å²) < 4.78 is 6.22. The molecule has 1 aromatic rings. The van der Waals surface area contributed by atoms with Crippen molar-refractivity contribution in [2.45, 2.75) is 13.0 Å². The first-order valence-electron chi connectivity index (χ1n) is 4.79. The van der Waals surface area contributed by atoms with Crippen molar-refractivity contribution in [2.75, 3.05) is 27.2 Å². The van der Waals surface area contributed by atoms with Crippen LogP contribution in [0.15, 0.2) is 21.2 Å². The van der Waals surface area contributed by atoms with E-state index in [9.17, 15) is 0 Å². The largest absolute Gasteiger partial charge is 0.453 e. The lowest BCUT2D eigenvalue weighted by molar-refractivity contribution is 0.288. The Morgan fingerprint density at radius 3 is 2.86 bits per heavy atom. The SMILES string of the molecule is CNCCCN(C)Cc1ccc(Br)o1. The van der Waals surface area contributed by atoms with Gasteiger partial charge in [-0.2, -0.15) is 0 Å². The van der Waals surface area contributed by atoms with E-state index < -0.39 is 0 Å². The quantitative estimate of drug-likeness (QED) is 0.795. The fourth-order valence-corrected chi connectivity index (χ4v) is 1.65. The van der Waals surface area contributed by atoms with Crippen LogP contribution in [0.4, 0.5) is 0 Å². The predicted molar refractivity (Wildman–Crippen MR) is 61.3 cm³/mol. The van der Waals surface area contributed by atoms with Crippen molar-refractivity contribution in [3.8, 4) is 0 Å². The van der Waals surface area contributed by atoms with Crippen molar-refractivity contribution in [1.29, 1.82) is 0 Å². The molecular formula is C10H17BrN2O. The molecular weight excluding hydrogens is 244 g/mol. The Morgan fingerprint density at radius 1 is 1.50 bits per heavy atom. The molecule has 1 rings (SSSR count). The number of hydrogen-bond donors (Lipinski definition) is 1. The van der Waals surface area contributed by atoms with Gasteiger partial charge in [0.25, 0.3) is 0 Å². The molecule has 0 saturated carbocycles. The van der Waals surface area contributed by atoms with E-state index in [0.29, 0.717) is 0 Å². The van der Waals surface area contributed by atoms with Gasteiger partial charge in [-0.3, -0.25) is 4.90 Å². The lowest BCUT2D eigenvalue weighted by Crippen LogP contribution is -2.22. The van der Waals surface area contributed by atoms with Gasteiger partial charge in [-0.05, 0) is 61.7 Å². The van der Waals surface area contributed by atoms with Crippen LogP contribution in [0.1, 0.15) is 12.2 Å². The molecule has 0 atom stereocenters. The minimum absolute atomic E-state index is 0.802.